The highest BCUT2D eigenvalue weighted by molar-refractivity contribution is 5.99. The number of carbonyl (C=O) groups is 1. The minimum atomic E-state index is -0.151. The van der Waals surface area contributed by atoms with Crippen LogP contribution in [0, 0.1) is 5.92 Å². The van der Waals surface area contributed by atoms with Crippen LogP contribution in [0.25, 0.3) is 16.6 Å². The summed E-state index contributed by atoms with van der Waals surface area (Å²) in [7, 11) is 1.57. The number of ether oxygens (including phenoxy) is 1. The third-order valence-electron chi connectivity index (χ3n) is 4.92. The monoisotopic (exact) mass is 355 g/mol. The number of nitrogens with two attached hydrogens (primary N) is 1. The van der Waals surface area contributed by atoms with Gasteiger partial charge in [0.2, 0.25) is 5.95 Å². The molecule has 0 bridgehead atoms. The van der Waals surface area contributed by atoms with Crippen LogP contribution in [0.3, 0.4) is 0 Å². The Hall–Kier alpha value is -2.87. The molecule has 1 aliphatic heterocycles. The van der Waals surface area contributed by atoms with Crippen LogP contribution in [-0.2, 0) is 0 Å². The molecule has 1 amide bonds. The molecule has 3 N–H and O–H groups in total. The number of nitrogens with zero attached hydrogens (tertiary/aromatic N) is 4. The number of fused-ring (bicyclic) bond motifs is 3. The van der Waals surface area contributed by atoms with Gasteiger partial charge in [-0.05, 0) is 30.9 Å². The lowest BCUT2D eigenvalue weighted by atomic mass is 9.99. The second kappa shape index (κ2) is 6.45. The molecule has 1 aromatic carbocycles. The average Bonchev–Trinajstić information content (AvgIpc) is 3.13. The molecule has 3 aromatic rings. The summed E-state index contributed by atoms with van der Waals surface area (Å²) in [6.45, 7) is 1.31. The highest BCUT2D eigenvalue weighted by atomic mass is 16.5. The lowest BCUT2D eigenvalue weighted by molar-refractivity contribution is 0.0615. The molecule has 26 heavy (non-hydrogen) atoms. The fourth-order valence-corrected chi connectivity index (χ4v) is 3.56. The van der Waals surface area contributed by atoms with Gasteiger partial charge >= 0.3 is 0 Å². The van der Waals surface area contributed by atoms with Crippen molar-refractivity contribution < 1.29 is 14.6 Å². The van der Waals surface area contributed by atoms with Gasteiger partial charge in [0.15, 0.2) is 0 Å². The fraction of sp³-hybridized carbons (Fsp3) is 0.389. The number of carbonyl (C=O) groups excluding carboxylic acids is 1. The standard InChI is InChI=1S/C18H21N5O3/c1-26-14-6-2-5-12-15(14)21-18(19)23-9-13(20-16(12)23)17(25)22-7-3-4-11(8-22)10-24/h2,5-6,9,11,24H,3-4,7-8,10H2,1H3,(H2,19,21). The predicted octanol–water partition coefficient (Wildman–Crippen LogP) is 1.32. The van der Waals surface area contributed by atoms with Crippen molar-refractivity contribution >= 4 is 28.4 Å². The number of aromatic nitrogens is 3. The van der Waals surface area contributed by atoms with Gasteiger partial charge in [0.1, 0.15) is 22.6 Å². The van der Waals surface area contributed by atoms with E-state index in [1.54, 1.807) is 22.6 Å². The quantitative estimate of drug-likeness (QED) is 0.734. The molecular weight excluding hydrogens is 334 g/mol. The zero-order chi connectivity index (χ0) is 18.3. The Bertz CT molecular complexity index is 984. The van der Waals surface area contributed by atoms with Crippen LogP contribution >= 0.6 is 0 Å². The minimum Gasteiger partial charge on any atom is -0.494 e. The normalized spacial score (nSPS) is 17.8. The number of rotatable bonds is 3. The number of aliphatic hydroxyl groups excluding tert-OH is 1. The number of anilines is 1. The number of piperidine rings is 1. The molecule has 0 spiro atoms. The van der Waals surface area contributed by atoms with Crippen LogP contribution < -0.4 is 10.5 Å². The molecule has 0 radical (unpaired) electrons. The van der Waals surface area contributed by atoms with E-state index in [2.05, 4.69) is 9.97 Å². The molecule has 0 aliphatic carbocycles. The molecule has 8 heteroatoms. The third kappa shape index (κ3) is 2.62. The van der Waals surface area contributed by atoms with Gasteiger partial charge in [0.05, 0.1) is 7.11 Å². The Labute approximate surface area is 150 Å². The molecule has 1 saturated heterocycles. The Balaban J connectivity index is 1.79. The molecule has 4 rings (SSSR count). The van der Waals surface area contributed by atoms with Gasteiger partial charge in [-0.15, -0.1) is 0 Å². The van der Waals surface area contributed by atoms with Crippen LogP contribution in [0.2, 0.25) is 0 Å². The van der Waals surface area contributed by atoms with Crippen LogP contribution in [0.5, 0.6) is 5.75 Å². The zero-order valence-electron chi connectivity index (χ0n) is 14.6. The van der Waals surface area contributed by atoms with Crippen molar-refractivity contribution in [1.29, 1.82) is 0 Å². The maximum absolute atomic E-state index is 12.9. The van der Waals surface area contributed by atoms with Gasteiger partial charge in [-0.1, -0.05) is 6.07 Å². The molecule has 1 unspecified atom stereocenters. The zero-order valence-corrected chi connectivity index (χ0v) is 14.6. The number of aliphatic hydroxyl groups is 1. The van der Waals surface area contributed by atoms with Crippen molar-refractivity contribution in [2.45, 2.75) is 12.8 Å². The van der Waals surface area contributed by atoms with Crippen LogP contribution in [0.1, 0.15) is 23.3 Å². The molecule has 1 atom stereocenters. The number of para-hydroxylation sites is 1. The molecule has 2 aromatic heterocycles. The summed E-state index contributed by atoms with van der Waals surface area (Å²) in [4.78, 5) is 23.6. The van der Waals surface area contributed by atoms with Crippen LogP contribution in [0.4, 0.5) is 5.95 Å². The summed E-state index contributed by atoms with van der Waals surface area (Å²) >= 11 is 0. The summed E-state index contributed by atoms with van der Waals surface area (Å²) in [5.41, 5.74) is 7.59. The van der Waals surface area contributed by atoms with Crippen LogP contribution in [0.15, 0.2) is 24.4 Å². The maximum atomic E-state index is 12.9. The summed E-state index contributed by atoms with van der Waals surface area (Å²) in [5.74, 6) is 0.827. The van der Waals surface area contributed by atoms with E-state index in [4.69, 9.17) is 10.5 Å². The van der Waals surface area contributed by atoms with Gasteiger partial charge in [0.25, 0.3) is 5.91 Å². The first-order valence-electron chi connectivity index (χ1n) is 8.63. The van der Waals surface area contributed by atoms with Crippen molar-refractivity contribution in [3.05, 3.63) is 30.1 Å². The van der Waals surface area contributed by atoms with Crippen molar-refractivity contribution in [2.24, 2.45) is 5.92 Å². The molecule has 8 nitrogen and oxygen atoms in total. The summed E-state index contributed by atoms with van der Waals surface area (Å²) in [6, 6.07) is 5.54. The number of imidazole rings is 1. The highest BCUT2D eigenvalue weighted by Gasteiger charge is 2.26. The van der Waals surface area contributed by atoms with Crippen molar-refractivity contribution in [3.8, 4) is 5.75 Å². The predicted molar refractivity (Wildman–Crippen MR) is 97.2 cm³/mol. The lowest BCUT2D eigenvalue weighted by Gasteiger charge is -2.31. The Morgan fingerprint density at radius 3 is 3.04 bits per heavy atom. The van der Waals surface area contributed by atoms with Gasteiger partial charge in [-0.3, -0.25) is 9.20 Å². The van der Waals surface area contributed by atoms with E-state index >= 15 is 0 Å². The molecule has 136 valence electrons. The number of hydrogen-bond acceptors (Lipinski definition) is 6. The number of benzene rings is 1. The van der Waals surface area contributed by atoms with E-state index in [0.29, 0.717) is 35.7 Å². The largest absolute Gasteiger partial charge is 0.494 e. The van der Waals surface area contributed by atoms with E-state index in [9.17, 15) is 9.90 Å². The average molecular weight is 355 g/mol. The summed E-state index contributed by atoms with van der Waals surface area (Å²) < 4.78 is 6.98. The first kappa shape index (κ1) is 16.6. The van der Waals surface area contributed by atoms with Crippen LogP contribution in [-0.4, -0.2) is 57.1 Å². The number of amides is 1. The maximum Gasteiger partial charge on any atom is 0.274 e. The first-order chi connectivity index (χ1) is 12.6. The Kier molecular flexibility index (Phi) is 4.12. The first-order valence-corrected chi connectivity index (χ1v) is 8.63. The number of likely N-dealkylation sites (tertiary alicyclic amines) is 1. The highest BCUT2D eigenvalue weighted by Crippen LogP contribution is 2.28. The fourth-order valence-electron chi connectivity index (χ4n) is 3.56. The van der Waals surface area contributed by atoms with E-state index < -0.39 is 0 Å². The smallest absolute Gasteiger partial charge is 0.274 e. The SMILES string of the molecule is COc1cccc2c1nc(N)n1cc(C(=O)N3CCCC(CO)C3)nc21. The lowest BCUT2D eigenvalue weighted by Crippen LogP contribution is -2.41. The Morgan fingerprint density at radius 1 is 1.42 bits per heavy atom. The van der Waals surface area contributed by atoms with Crippen molar-refractivity contribution in [2.75, 3.05) is 32.5 Å². The molecular formula is C18H21N5O3. The summed E-state index contributed by atoms with van der Waals surface area (Å²) in [6.07, 6.45) is 3.45. The molecule has 0 saturated carbocycles. The molecule has 1 aliphatic rings. The number of methoxy groups -OCH3 is 1. The molecule has 1 fully saturated rings. The minimum absolute atomic E-state index is 0.0935. The summed E-state index contributed by atoms with van der Waals surface area (Å²) in [5, 5.41) is 10.2. The van der Waals surface area contributed by atoms with Gasteiger partial charge < -0.3 is 20.5 Å². The topological polar surface area (TPSA) is 106 Å². The number of nitrogen functional groups attached to an aromatic ring is 1. The van der Waals surface area contributed by atoms with Crippen molar-refractivity contribution in [3.63, 3.8) is 0 Å². The van der Waals surface area contributed by atoms with Gasteiger partial charge in [-0.2, -0.15) is 0 Å². The number of hydrogen-bond donors (Lipinski definition) is 2. The third-order valence-corrected chi connectivity index (χ3v) is 4.92. The van der Waals surface area contributed by atoms with E-state index in [0.717, 1.165) is 18.2 Å². The molecule has 3 heterocycles. The Morgan fingerprint density at radius 2 is 2.27 bits per heavy atom. The van der Waals surface area contributed by atoms with E-state index in [-0.39, 0.29) is 24.4 Å². The van der Waals surface area contributed by atoms with Crippen molar-refractivity contribution in [1.82, 2.24) is 19.3 Å². The van der Waals surface area contributed by atoms with Gasteiger partial charge in [-0.25, -0.2) is 9.97 Å². The van der Waals surface area contributed by atoms with E-state index in [1.165, 1.54) is 0 Å². The second-order valence-electron chi connectivity index (χ2n) is 6.59. The van der Waals surface area contributed by atoms with Gasteiger partial charge in [0, 0.05) is 31.3 Å². The second-order valence-corrected chi connectivity index (χ2v) is 6.59. The van der Waals surface area contributed by atoms with E-state index in [1.807, 2.05) is 18.2 Å².